The summed E-state index contributed by atoms with van der Waals surface area (Å²) < 4.78 is 0. The highest BCUT2D eigenvalue weighted by Gasteiger charge is 1.98. The van der Waals surface area contributed by atoms with Crippen molar-refractivity contribution < 1.29 is 0 Å². The van der Waals surface area contributed by atoms with E-state index in [4.69, 9.17) is 5.26 Å². The van der Waals surface area contributed by atoms with Crippen LogP contribution in [-0.2, 0) is 0 Å². The molecule has 0 fully saturated rings. The molecule has 12 heavy (non-hydrogen) atoms. The van der Waals surface area contributed by atoms with Crippen molar-refractivity contribution in [2.45, 2.75) is 0 Å². The van der Waals surface area contributed by atoms with E-state index in [1.807, 2.05) is 30.3 Å². The molecule has 0 N–H and O–H groups in total. The Labute approximate surface area is 70.1 Å². The van der Waals surface area contributed by atoms with Crippen LogP contribution in [0, 0.1) is 17.4 Å². The zero-order chi connectivity index (χ0) is 8.39. The van der Waals surface area contributed by atoms with E-state index >= 15 is 0 Å². The van der Waals surface area contributed by atoms with Gasteiger partial charge in [0.15, 0.2) is 0 Å². The maximum absolute atomic E-state index is 8.71. The lowest BCUT2D eigenvalue weighted by Crippen LogP contribution is -1.83. The molecule has 0 saturated heterocycles. The molecule has 2 heteroatoms. The number of fused-ring (bicyclic) bond motifs is 1. The van der Waals surface area contributed by atoms with Gasteiger partial charge < -0.3 is 0 Å². The third-order valence-electron chi connectivity index (χ3n) is 1.69. The minimum atomic E-state index is 0.462. The van der Waals surface area contributed by atoms with Crippen LogP contribution in [0.1, 0.15) is 5.69 Å². The van der Waals surface area contributed by atoms with Crippen LogP contribution in [0.4, 0.5) is 0 Å². The van der Waals surface area contributed by atoms with E-state index in [2.05, 4.69) is 11.1 Å². The second-order valence-electron chi connectivity index (χ2n) is 2.40. The number of aromatic nitrogens is 1. The van der Waals surface area contributed by atoms with E-state index in [1.165, 1.54) is 0 Å². The normalized spacial score (nSPS) is 9.58. The van der Waals surface area contributed by atoms with E-state index in [9.17, 15) is 0 Å². The Morgan fingerprint density at radius 2 is 2.33 bits per heavy atom. The third kappa shape index (κ3) is 0.923. The van der Waals surface area contributed by atoms with Crippen molar-refractivity contribution in [1.82, 2.24) is 4.98 Å². The average Bonchev–Trinajstić information content (AvgIpc) is 2.17. The van der Waals surface area contributed by atoms with E-state index in [1.54, 1.807) is 6.20 Å². The molecule has 55 valence electrons. The molecule has 0 spiro atoms. The summed E-state index contributed by atoms with van der Waals surface area (Å²) in [5, 5.41) is 10.5. The first kappa shape index (κ1) is 6.81. The Morgan fingerprint density at radius 3 is 3.17 bits per heavy atom. The maximum Gasteiger partial charge on any atom is 0.148 e. The van der Waals surface area contributed by atoms with Gasteiger partial charge in [0.25, 0.3) is 0 Å². The van der Waals surface area contributed by atoms with Crippen LogP contribution in [0.15, 0.2) is 30.5 Å². The molecule has 0 unspecified atom stereocenters. The van der Waals surface area contributed by atoms with Crippen molar-refractivity contribution in [3.05, 3.63) is 42.2 Å². The molecule has 0 aliphatic heterocycles. The monoisotopic (exact) mass is 153 g/mol. The van der Waals surface area contributed by atoms with Gasteiger partial charge in [0, 0.05) is 11.6 Å². The topological polar surface area (TPSA) is 36.7 Å². The number of hydrogen-bond acceptors (Lipinski definition) is 2. The summed E-state index contributed by atoms with van der Waals surface area (Å²) in [5.41, 5.74) is 0.462. The Hall–Kier alpha value is -1.88. The second-order valence-corrected chi connectivity index (χ2v) is 2.40. The fourth-order valence-corrected chi connectivity index (χ4v) is 1.14. The highest BCUT2D eigenvalue weighted by atomic mass is 14.7. The highest BCUT2D eigenvalue weighted by molar-refractivity contribution is 5.85. The predicted octanol–water partition coefficient (Wildman–Crippen LogP) is 1.91. The van der Waals surface area contributed by atoms with Crippen LogP contribution >= 0.6 is 0 Å². The van der Waals surface area contributed by atoms with Crippen molar-refractivity contribution in [3.63, 3.8) is 0 Å². The van der Waals surface area contributed by atoms with Crippen molar-refractivity contribution in [3.8, 4) is 6.07 Å². The molecule has 0 atom stereocenters. The second kappa shape index (κ2) is 2.63. The van der Waals surface area contributed by atoms with Gasteiger partial charge in [-0.15, -0.1) is 0 Å². The largest absolute Gasteiger partial charge is 0.245 e. The van der Waals surface area contributed by atoms with Crippen LogP contribution in [0.5, 0.6) is 0 Å². The molecular weight excluding hydrogens is 148 g/mol. The summed E-state index contributed by atoms with van der Waals surface area (Å²) in [6, 6.07) is 12.5. The van der Waals surface area contributed by atoms with E-state index < -0.39 is 0 Å². The Morgan fingerprint density at radius 1 is 1.42 bits per heavy atom. The van der Waals surface area contributed by atoms with Gasteiger partial charge in [0.2, 0.25) is 0 Å². The zero-order valence-electron chi connectivity index (χ0n) is 6.28. The van der Waals surface area contributed by atoms with E-state index in [-0.39, 0.29) is 0 Å². The van der Waals surface area contributed by atoms with Crippen LogP contribution in [0.2, 0.25) is 0 Å². The smallest absolute Gasteiger partial charge is 0.148 e. The fourth-order valence-electron chi connectivity index (χ4n) is 1.14. The van der Waals surface area contributed by atoms with Crippen LogP contribution in [-0.4, -0.2) is 4.98 Å². The number of nitriles is 1. The standard InChI is InChI=1S/C10H5N2/c11-7-10-9-4-2-1-3-8(9)5-6-12-10/h1-2,4-6H. The summed E-state index contributed by atoms with van der Waals surface area (Å²) in [6.45, 7) is 0. The SMILES string of the molecule is N#Cc1nccc2[c]cccc12. The molecular formula is C10H5N2. The van der Waals surface area contributed by atoms with Gasteiger partial charge in [-0.25, -0.2) is 4.98 Å². The maximum atomic E-state index is 8.71. The number of benzene rings is 1. The lowest BCUT2D eigenvalue weighted by molar-refractivity contribution is 1.30. The average molecular weight is 153 g/mol. The molecule has 0 aliphatic carbocycles. The van der Waals surface area contributed by atoms with E-state index in [0.29, 0.717) is 5.69 Å². The van der Waals surface area contributed by atoms with Crippen molar-refractivity contribution in [1.29, 1.82) is 5.26 Å². The zero-order valence-corrected chi connectivity index (χ0v) is 6.28. The quantitative estimate of drug-likeness (QED) is 0.579. The number of nitrogens with zero attached hydrogens (tertiary/aromatic N) is 2. The summed E-state index contributed by atoms with van der Waals surface area (Å²) in [5.74, 6) is 0. The van der Waals surface area contributed by atoms with Crippen molar-refractivity contribution in [2.75, 3.05) is 0 Å². The van der Waals surface area contributed by atoms with Gasteiger partial charge in [-0.1, -0.05) is 18.2 Å². The van der Waals surface area contributed by atoms with Crippen molar-refractivity contribution in [2.24, 2.45) is 0 Å². The molecule has 2 nitrogen and oxygen atoms in total. The first-order chi connectivity index (χ1) is 5.92. The van der Waals surface area contributed by atoms with E-state index in [0.717, 1.165) is 10.8 Å². The molecule has 0 amide bonds. The van der Waals surface area contributed by atoms with Crippen LogP contribution in [0.3, 0.4) is 0 Å². The Bertz CT molecular complexity index is 449. The minimum absolute atomic E-state index is 0.462. The molecule has 0 bridgehead atoms. The number of rotatable bonds is 0. The van der Waals surface area contributed by atoms with Crippen LogP contribution in [0.25, 0.3) is 10.8 Å². The first-order valence-corrected chi connectivity index (χ1v) is 3.57. The lowest BCUT2D eigenvalue weighted by Gasteiger charge is -1.95. The third-order valence-corrected chi connectivity index (χ3v) is 1.69. The summed E-state index contributed by atoms with van der Waals surface area (Å²) in [6.07, 6.45) is 1.62. The van der Waals surface area contributed by atoms with Gasteiger partial charge in [0.05, 0.1) is 0 Å². The number of hydrogen-bond donors (Lipinski definition) is 0. The molecule has 0 aliphatic rings. The molecule has 1 radical (unpaired) electrons. The molecule has 2 rings (SSSR count). The minimum Gasteiger partial charge on any atom is -0.245 e. The molecule has 1 heterocycles. The predicted molar refractivity (Wildman–Crippen MR) is 45.3 cm³/mol. The fraction of sp³-hybridized carbons (Fsp3) is 0. The molecule has 0 saturated carbocycles. The van der Waals surface area contributed by atoms with Gasteiger partial charge in [0.1, 0.15) is 11.8 Å². The van der Waals surface area contributed by atoms with Gasteiger partial charge in [-0.05, 0) is 17.5 Å². The number of pyridine rings is 1. The van der Waals surface area contributed by atoms with Gasteiger partial charge in [-0.3, -0.25) is 0 Å². The lowest BCUT2D eigenvalue weighted by atomic mass is 10.1. The first-order valence-electron chi connectivity index (χ1n) is 3.57. The van der Waals surface area contributed by atoms with Crippen LogP contribution < -0.4 is 0 Å². The summed E-state index contributed by atoms with van der Waals surface area (Å²) >= 11 is 0. The highest BCUT2D eigenvalue weighted by Crippen LogP contribution is 2.14. The summed E-state index contributed by atoms with van der Waals surface area (Å²) in [4.78, 5) is 3.94. The van der Waals surface area contributed by atoms with Gasteiger partial charge in [-0.2, -0.15) is 5.26 Å². The Balaban J connectivity index is 2.91. The van der Waals surface area contributed by atoms with Crippen molar-refractivity contribution >= 4 is 10.8 Å². The molecule has 2 aromatic rings. The molecule has 1 aromatic carbocycles. The summed E-state index contributed by atoms with van der Waals surface area (Å²) in [7, 11) is 0. The molecule has 1 aromatic heterocycles. The Kier molecular flexibility index (Phi) is 1.49. The van der Waals surface area contributed by atoms with Gasteiger partial charge >= 0.3 is 0 Å².